The quantitative estimate of drug-likeness (QED) is 0.402. The second-order valence-corrected chi connectivity index (χ2v) is 6.28. The van der Waals surface area contributed by atoms with Crippen LogP contribution < -0.4 is 10.2 Å². The third kappa shape index (κ3) is 5.32. The van der Waals surface area contributed by atoms with E-state index in [0.717, 1.165) is 23.7 Å². The van der Waals surface area contributed by atoms with E-state index in [2.05, 4.69) is 21.3 Å². The molecule has 3 rings (SSSR count). The zero-order chi connectivity index (χ0) is 19.2. The first-order valence-corrected chi connectivity index (χ1v) is 8.75. The summed E-state index contributed by atoms with van der Waals surface area (Å²) in [6.45, 7) is 3.07. The van der Waals surface area contributed by atoms with Crippen LogP contribution in [0.5, 0.6) is 0 Å². The van der Waals surface area contributed by atoms with Gasteiger partial charge >= 0.3 is 0 Å². The lowest BCUT2D eigenvalue weighted by Gasteiger charge is -2.37. The third-order valence-corrected chi connectivity index (χ3v) is 4.57. The maximum atomic E-state index is 14.0. The topological polar surface area (TPSA) is 54.7 Å². The molecule has 1 saturated heterocycles. The molecular weight excluding hydrogens is 475 g/mol. The van der Waals surface area contributed by atoms with Crippen molar-refractivity contribution in [2.45, 2.75) is 6.54 Å². The van der Waals surface area contributed by atoms with Gasteiger partial charge in [0, 0.05) is 45.8 Å². The number of aliphatic imine (C=N–C) groups is 1. The van der Waals surface area contributed by atoms with Gasteiger partial charge in [0.05, 0.1) is 17.3 Å². The zero-order valence-electron chi connectivity index (χ0n) is 15.5. The Labute approximate surface area is 180 Å². The van der Waals surface area contributed by atoms with Crippen molar-refractivity contribution in [1.82, 2.24) is 10.2 Å². The van der Waals surface area contributed by atoms with Crippen molar-refractivity contribution in [3.8, 4) is 6.07 Å². The molecule has 0 bridgehead atoms. The summed E-state index contributed by atoms with van der Waals surface area (Å²) in [5.74, 6) is -0.0828. The minimum absolute atomic E-state index is 0. The Balaban J connectivity index is 0.00000280. The van der Waals surface area contributed by atoms with E-state index in [-0.39, 0.29) is 24.0 Å². The van der Waals surface area contributed by atoms with Crippen LogP contribution in [0.15, 0.2) is 47.5 Å². The zero-order valence-corrected chi connectivity index (χ0v) is 17.9. The van der Waals surface area contributed by atoms with E-state index in [1.165, 1.54) is 6.07 Å². The van der Waals surface area contributed by atoms with E-state index in [9.17, 15) is 8.78 Å². The molecule has 0 radical (unpaired) electrons. The molecule has 2 aromatic carbocycles. The molecule has 1 N–H and O–H groups in total. The number of hydrogen-bond donors (Lipinski definition) is 1. The SMILES string of the molecule is CN=C(NCc1ccc(C#N)cc1)N1CCN(c2cc(F)ccc2F)CC1.I. The third-order valence-electron chi connectivity index (χ3n) is 4.57. The van der Waals surface area contributed by atoms with E-state index >= 15 is 0 Å². The Bertz CT molecular complexity index is 856. The molecule has 0 saturated carbocycles. The average molecular weight is 497 g/mol. The summed E-state index contributed by atoms with van der Waals surface area (Å²) in [5, 5.41) is 12.2. The fraction of sp³-hybridized carbons (Fsp3) is 0.300. The summed E-state index contributed by atoms with van der Waals surface area (Å²) in [7, 11) is 1.72. The van der Waals surface area contributed by atoms with E-state index in [1.54, 1.807) is 19.2 Å². The largest absolute Gasteiger partial charge is 0.366 e. The van der Waals surface area contributed by atoms with Crippen LogP contribution in [0.2, 0.25) is 0 Å². The van der Waals surface area contributed by atoms with Crippen LogP contribution in [0.25, 0.3) is 0 Å². The van der Waals surface area contributed by atoms with Crippen LogP contribution in [0, 0.1) is 23.0 Å². The predicted octanol–water partition coefficient (Wildman–Crippen LogP) is 3.35. The lowest BCUT2D eigenvalue weighted by atomic mass is 10.1. The van der Waals surface area contributed by atoms with Gasteiger partial charge in [-0.3, -0.25) is 4.99 Å². The van der Waals surface area contributed by atoms with Crippen molar-refractivity contribution in [1.29, 1.82) is 5.26 Å². The maximum Gasteiger partial charge on any atom is 0.194 e. The molecule has 0 unspecified atom stereocenters. The lowest BCUT2D eigenvalue weighted by Crippen LogP contribution is -2.52. The Morgan fingerprint density at radius 1 is 1.11 bits per heavy atom. The number of benzene rings is 2. The van der Waals surface area contributed by atoms with Gasteiger partial charge in [-0.2, -0.15) is 5.26 Å². The number of hydrogen-bond acceptors (Lipinski definition) is 3. The highest BCUT2D eigenvalue weighted by molar-refractivity contribution is 14.0. The number of nitrogens with zero attached hydrogens (tertiary/aromatic N) is 4. The molecule has 2 aromatic rings. The summed E-state index contributed by atoms with van der Waals surface area (Å²) in [5.41, 5.74) is 1.98. The molecule has 28 heavy (non-hydrogen) atoms. The van der Waals surface area contributed by atoms with Crippen LogP contribution >= 0.6 is 24.0 Å². The second kappa shape index (κ2) is 10.2. The number of nitriles is 1. The van der Waals surface area contributed by atoms with Gasteiger partial charge in [-0.05, 0) is 29.8 Å². The normalized spacial score (nSPS) is 14.3. The van der Waals surface area contributed by atoms with Gasteiger partial charge in [0.25, 0.3) is 0 Å². The number of halogens is 3. The van der Waals surface area contributed by atoms with E-state index in [1.807, 2.05) is 17.0 Å². The first-order chi connectivity index (χ1) is 13.1. The van der Waals surface area contributed by atoms with Crippen LogP contribution in [-0.2, 0) is 6.54 Å². The molecule has 1 aliphatic heterocycles. The number of guanidine groups is 1. The van der Waals surface area contributed by atoms with E-state index in [0.29, 0.717) is 44.0 Å². The van der Waals surface area contributed by atoms with E-state index < -0.39 is 11.6 Å². The van der Waals surface area contributed by atoms with Crippen molar-refractivity contribution in [3.63, 3.8) is 0 Å². The molecule has 5 nitrogen and oxygen atoms in total. The minimum atomic E-state index is -0.436. The summed E-state index contributed by atoms with van der Waals surface area (Å²) >= 11 is 0. The highest BCUT2D eigenvalue weighted by Crippen LogP contribution is 2.22. The standard InChI is InChI=1S/C20H21F2N5.HI/c1-24-20(25-14-16-4-2-15(13-23)3-5-16)27-10-8-26(9-11-27)19-12-17(21)6-7-18(19)22;/h2-7,12H,8-11,14H2,1H3,(H,24,25);1H. The molecule has 8 heteroatoms. The van der Waals surface area contributed by atoms with Gasteiger partial charge in [-0.1, -0.05) is 12.1 Å². The Hall–Kier alpha value is -2.41. The van der Waals surface area contributed by atoms with Crippen LogP contribution in [-0.4, -0.2) is 44.1 Å². The van der Waals surface area contributed by atoms with Gasteiger partial charge in [0.1, 0.15) is 11.6 Å². The van der Waals surface area contributed by atoms with Gasteiger partial charge in [0.15, 0.2) is 5.96 Å². The molecule has 0 aliphatic carbocycles. The molecule has 0 aromatic heterocycles. The van der Waals surface area contributed by atoms with Crippen molar-refractivity contribution in [3.05, 3.63) is 65.2 Å². The Kier molecular flexibility index (Phi) is 7.99. The van der Waals surface area contributed by atoms with Crippen molar-refractivity contribution < 1.29 is 8.78 Å². The lowest BCUT2D eigenvalue weighted by molar-refractivity contribution is 0.370. The Morgan fingerprint density at radius 2 is 1.79 bits per heavy atom. The first kappa shape index (κ1) is 21.9. The first-order valence-electron chi connectivity index (χ1n) is 8.75. The molecule has 1 heterocycles. The number of rotatable bonds is 3. The van der Waals surface area contributed by atoms with Crippen molar-refractivity contribution in [2.24, 2.45) is 4.99 Å². The van der Waals surface area contributed by atoms with Gasteiger partial charge < -0.3 is 15.1 Å². The predicted molar refractivity (Wildman–Crippen MR) is 117 cm³/mol. The molecule has 1 aliphatic rings. The van der Waals surface area contributed by atoms with Crippen LogP contribution in [0.1, 0.15) is 11.1 Å². The summed E-state index contributed by atoms with van der Waals surface area (Å²) in [6, 6.07) is 13.0. The molecule has 0 amide bonds. The average Bonchev–Trinajstić information content (AvgIpc) is 2.71. The van der Waals surface area contributed by atoms with Gasteiger partial charge in [0.2, 0.25) is 0 Å². The molecular formula is C20H22F2IN5. The summed E-state index contributed by atoms with van der Waals surface area (Å²) in [4.78, 5) is 8.26. The monoisotopic (exact) mass is 497 g/mol. The fourth-order valence-electron chi connectivity index (χ4n) is 3.10. The highest BCUT2D eigenvalue weighted by atomic mass is 127. The van der Waals surface area contributed by atoms with Gasteiger partial charge in [-0.25, -0.2) is 8.78 Å². The smallest absolute Gasteiger partial charge is 0.194 e. The number of piperazine rings is 1. The molecule has 0 spiro atoms. The maximum absolute atomic E-state index is 14.0. The highest BCUT2D eigenvalue weighted by Gasteiger charge is 2.22. The van der Waals surface area contributed by atoms with E-state index in [4.69, 9.17) is 5.26 Å². The molecule has 1 fully saturated rings. The Morgan fingerprint density at radius 3 is 2.39 bits per heavy atom. The summed E-state index contributed by atoms with van der Waals surface area (Å²) < 4.78 is 27.4. The van der Waals surface area contributed by atoms with Crippen LogP contribution in [0.4, 0.5) is 14.5 Å². The van der Waals surface area contributed by atoms with Crippen molar-refractivity contribution >= 4 is 35.6 Å². The molecule has 148 valence electrons. The van der Waals surface area contributed by atoms with Gasteiger partial charge in [-0.15, -0.1) is 24.0 Å². The number of nitrogens with one attached hydrogen (secondary N) is 1. The number of anilines is 1. The van der Waals surface area contributed by atoms with Crippen molar-refractivity contribution in [2.75, 3.05) is 38.1 Å². The minimum Gasteiger partial charge on any atom is -0.366 e. The second-order valence-electron chi connectivity index (χ2n) is 6.28. The fourth-order valence-corrected chi connectivity index (χ4v) is 3.10. The molecule has 0 atom stereocenters. The van der Waals surface area contributed by atoms with Crippen LogP contribution in [0.3, 0.4) is 0 Å². The summed E-state index contributed by atoms with van der Waals surface area (Å²) in [6.07, 6.45) is 0.